The van der Waals surface area contributed by atoms with Gasteiger partial charge in [-0.15, -0.1) is 27.8 Å². The minimum Gasteiger partial charge on any atom is -0.349 e. The second-order valence-electron chi connectivity index (χ2n) is 4.72. The van der Waals surface area contributed by atoms with Crippen LogP contribution in [0.4, 0.5) is 5.95 Å². The predicted octanol–water partition coefficient (Wildman–Crippen LogP) is 4.12. The first-order chi connectivity index (χ1) is 10.8. The Morgan fingerprint density at radius 2 is 2.09 bits per heavy atom. The monoisotopic (exact) mass is 332 g/mol. The smallest absolute Gasteiger partial charge is 0.250 e. The zero-order chi connectivity index (χ0) is 15.4. The first-order valence-corrected chi connectivity index (χ1v) is 8.84. The molecule has 7 heteroatoms. The quantitative estimate of drug-likeness (QED) is 0.737. The first kappa shape index (κ1) is 14.9. The number of rotatable bonds is 6. The highest BCUT2D eigenvalue weighted by atomic mass is 32.1. The summed E-state index contributed by atoms with van der Waals surface area (Å²) in [4.78, 5) is 18.9. The molecule has 0 atom stereocenters. The van der Waals surface area contributed by atoms with Crippen LogP contribution in [-0.4, -0.2) is 20.7 Å². The Labute approximate surface area is 136 Å². The van der Waals surface area contributed by atoms with E-state index in [1.807, 2.05) is 41.9 Å². The van der Waals surface area contributed by atoms with E-state index in [1.165, 1.54) is 9.56 Å². The van der Waals surface area contributed by atoms with Gasteiger partial charge in [-0.05, 0) is 29.3 Å². The molecular formula is C15H16N4OS2. The van der Waals surface area contributed by atoms with Crippen molar-refractivity contribution in [2.75, 3.05) is 5.32 Å². The summed E-state index contributed by atoms with van der Waals surface area (Å²) in [6.45, 7) is 2.62. The number of anilines is 1. The molecule has 0 unspecified atom stereocenters. The molecule has 3 rings (SSSR count). The third-order valence-electron chi connectivity index (χ3n) is 3.05. The van der Waals surface area contributed by atoms with Gasteiger partial charge in [0.25, 0.3) is 0 Å². The van der Waals surface area contributed by atoms with E-state index in [0.29, 0.717) is 24.7 Å². The minimum atomic E-state index is -0.0357. The molecule has 0 aliphatic carbocycles. The molecule has 0 saturated carbocycles. The normalized spacial score (nSPS) is 10.8. The van der Waals surface area contributed by atoms with Crippen LogP contribution in [-0.2, 0) is 6.54 Å². The molecule has 0 saturated heterocycles. The Kier molecular flexibility index (Phi) is 4.65. The Balaban J connectivity index is 1.86. The van der Waals surface area contributed by atoms with Crippen LogP contribution in [0.3, 0.4) is 0 Å². The highest BCUT2D eigenvalue weighted by Crippen LogP contribution is 2.23. The maximum Gasteiger partial charge on any atom is 0.250 e. The molecule has 3 heterocycles. The second-order valence-corrected chi connectivity index (χ2v) is 6.70. The van der Waals surface area contributed by atoms with Crippen LogP contribution >= 0.6 is 22.7 Å². The van der Waals surface area contributed by atoms with E-state index >= 15 is 0 Å². The van der Waals surface area contributed by atoms with Crippen LogP contribution in [0, 0.1) is 0 Å². The van der Waals surface area contributed by atoms with Crippen molar-refractivity contribution in [2.24, 2.45) is 0 Å². The molecular weight excluding hydrogens is 316 g/mol. The van der Waals surface area contributed by atoms with Gasteiger partial charge in [0.05, 0.1) is 11.4 Å². The van der Waals surface area contributed by atoms with Gasteiger partial charge in [0.15, 0.2) is 5.82 Å². The van der Waals surface area contributed by atoms with E-state index in [2.05, 4.69) is 15.4 Å². The molecule has 1 N–H and O–H groups in total. The largest absolute Gasteiger partial charge is 0.349 e. The molecule has 0 bridgehead atoms. The van der Waals surface area contributed by atoms with Crippen LogP contribution < -0.4 is 5.32 Å². The van der Waals surface area contributed by atoms with Crippen molar-refractivity contribution in [3.05, 3.63) is 39.9 Å². The SMILES string of the molecule is CCCC(=O)n1nc(-c2cccs2)nc1NCc1cccs1. The van der Waals surface area contributed by atoms with Gasteiger partial charge in [0.1, 0.15) is 0 Å². The second kappa shape index (κ2) is 6.85. The van der Waals surface area contributed by atoms with Crippen molar-refractivity contribution >= 4 is 34.5 Å². The molecule has 0 aromatic carbocycles. The van der Waals surface area contributed by atoms with Crippen molar-refractivity contribution in [1.29, 1.82) is 0 Å². The minimum absolute atomic E-state index is 0.0357. The van der Waals surface area contributed by atoms with E-state index in [4.69, 9.17) is 0 Å². The average molecular weight is 332 g/mol. The molecule has 3 aromatic heterocycles. The third-order valence-corrected chi connectivity index (χ3v) is 4.79. The van der Waals surface area contributed by atoms with Gasteiger partial charge in [-0.3, -0.25) is 4.79 Å². The average Bonchev–Trinajstić information content (AvgIpc) is 3.25. The van der Waals surface area contributed by atoms with Crippen molar-refractivity contribution in [2.45, 2.75) is 26.3 Å². The highest BCUT2D eigenvalue weighted by molar-refractivity contribution is 7.13. The van der Waals surface area contributed by atoms with Crippen LogP contribution in [0.1, 0.15) is 29.4 Å². The molecule has 0 radical (unpaired) electrons. The summed E-state index contributed by atoms with van der Waals surface area (Å²) in [6, 6.07) is 7.96. The molecule has 0 spiro atoms. The van der Waals surface area contributed by atoms with Crippen LogP contribution in [0.15, 0.2) is 35.0 Å². The Morgan fingerprint density at radius 1 is 1.27 bits per heavy atom. The van der Waals surface area contributed by atoms with Crippen LogP contribution in [0.2, 0.25) is 0 Å². The number of hydrogen-bond acceptors (Lipinski definition) is 6. The number of nitrogens with one attached hydrogen (secondary N) is 1. The van der Waals surface area contributed by atoms with Gasteiger partial charge in [-0.25, -0.2) is 0 Å². The number of carbonyl (C=O) groups is 1. The molecule has 0 amide bonds. The number of nitrogens with zero attached hydrogens (tertiary/aromatic N) is 3. The van der Waals surface area contributed by atoms with Gasteiger partial charge < -0.3 is 5.32 Å². The summed E-state index contributed by atoms with van der Waals surface area (Å²) >= 11 is 3.23. The van der Waals surface area contributed by atoms with E-state index in [-0.39, 0.29) is 5.91 Å². The molecule has 3 aromatic rings. The number of aromatic nitrogens is 3. The van der Waals surface area contributed by atoms with E-state index in [0.717, 1.165) is 11.3 Å². The topological polar surface area (TPSA) is 59.8 Å². The van der Waals surface area contributed by atoms with Gasteiger partial charge in [0, 0.05) is 11.3 Å². The fraction of sp³-hybridized carbons (Fsp3) is 0.267. The first-order valence-electron chi connectivity index (χ1n) is 7.08. The van der Waals surface area contributed by atoms with Crippen LogP contribution in [0.25, 0.3) is 10.7 Å². The standard InChI is InChI=1S/C15H16N4OS2/c1-2-5-13(20)19-15(16-10-11-6-3-8-21-11)17-14(18-19)12-7-4-9-22-12/h3-4,6-9H,2,5,10H2,1H3,(H,16,17,18). The summed E-state index contributed by atoms with van der Waals surface area (Å²) in [5.74, 6) is 1.06. The molecule has 114 valence electrons. The van der Waals surface area contributed by atoms with Crippen molar-refractivity contribution in [3.8, 4) is 10.7 Å². The molecule has 22 heavy (non-hydrogen) atoms. The Bertz CT molecular complexity index is 732. The third kappa shape index (κ3) is 3.26. The zero-order valence-corrected chi connectivity index (χ0v) is 13.8. The van der Waals surface area contributed by atoms with Crippen molar-refractivity contribution in [3.63, 3.8) is 0 Å². The molecule has 0 aliphatic rings. The lowest BCUT2D eigenvalue weighted by atomic mass is 10.3. The van der Waals surface area contributed by atoms with Gasteiger partial charge in [-0.2, -0.15) is 9.67 Å². The van der Waals surface area contributed by atoms with E-state index < -0.39 is 0 Å². The van der Waals surface area contributed by atoms with E-state index in [1.54, 1.807) is 22.7 Å². The number of hydrogen-bond donors (Lipinski definition) is 1. The lowest BCUT2D eigenvalue weighted by Crippen LogP contribution is -2.16. The maximum atomic E-state index is 12.2. The number of carbonyl (C=O) groups excluding carboxylic acids is 1. The molecule has 0 fully saturated rings. The Hall–Kier alpha value is -1.99. The number of thiophene rings is 2. The predicted molar refractivity (Wildman–Crippen MR) is 90.5 cm³/mol. The van der Waals surface area contributed by atoms with E-state index in [9.17, 15) is 4.79 Å². The van der Waals surface area contributed by atoms with Gasteiger partial charge in [-0.1, -0.05) is 19.1 Å². The van der Waals surface area contributed by atoms with Gasteiger partial charge in [0.2, 0.25) is 11.9 Å². The van der Waals surface area contributed by atoms with Crippen molar-refractivity contribution in [1.82, 2.24) is 14.8 Å². The Morgan fingerprint density at radius 3 is 2.77 bits per heavy atom. The van der Waals surface area contributed by atoms with Crippen molar-refractivity contribution < 1.29 is 4.79 Å². The maximum absolute atomic E-state index is 12.2. The lowest BCUT2D eigenvalue weighted by molar-refractivity contribution is 0.0888. The summed E-state index contributed by atoms with van der Waals surface area (Å²) < 4.78 is 1.39. The van der Waals surface area contributed by atoms with Crippen LogP contribution in [0.5, 0.6) is 0 Å². The molecule has 0 aliphatic heterocycles. The summed E-state index contributed by atoms with van der Waals surface area (Å²) in [7, 11) is 0. The zero-order valence-electron chi connectivity index (χ0n) is 12.2. The summed E-state index contributed by atoms with van der Waals surface area (Å²) in [5, 5.41) is 11.6. The summed E-state index contributed by atoms with van der Waals surface area (Å²) in [6.07, 6.45) is 1.25. The lowest BCUT2D eigenvalue weighted by Gasteiger charge is -2.05. The highest BCUT2D eigenvalue weighted by Gasteiger charge is 2.17. The van der Waals surface area contributed by atoms with Gasteiger partial charge >= 0.3 is 0 Å². The fourth-order valence-corrected chi connectivity index (χ4v) is 3.31. The summed E-state index contributed by atoms with van der Waals surface area (Å²) in [5.41, 5.74) is 0. The molecule has 5 nitrogen and oxygen atoms in total. The fourth-order valence-electron chi connectivity index (χ4n) is 2.01.